The molecule has 0 aliphatic rings. The maximum atomic E-state index is 12.5. The highest BCUT2D eigenvalue weighted by Crippen LogP contribution is 2.29. The molecule has 0 rings (SSSR count). The van der Waals surface area contributed by atoms with Crippen LogP contribution >= 0.6 is 0 Å². The van der Waals surface area contributed by atoms with Crippen molar-refractivity contribution in [1.29, 1.82) is 0 Å². The number of hydrogen-bond acceptors (Lipinski definition) is 2. The number of nitrogens with one attached hydrogen (secondary N) is 1. The smallest absolute Gasteiger partial charge is 0.403 e. The lowest BCUT2D eigenvalue weighted by Crippen LogP contribution is -2.48. The molecule has 1 unspecified atom stereocenters. The quantitative estimate of drug-likeness (QED) is 0.806. The molecule has 0 aliphatic carbocycles. The summed E-state index contributed by atoms with van der Waals surface area (Å²) in [5.74, 6) is -4.21. The zero-order valence-corrected chi connectivity index (χ0v) is 11.5. The summed E-state index contributed by atoms with van der Waals surface area (Å²) in [6, 6.07) is 0. The second kappa shape index (κ2) is 5.47. The molecule has 3 nitrogen and oxygen atoms in total. The van der Waals surface area contributed by atoms with Gasteiger partial charge in [-0.1, -0.05) is 20.8 Å². The highest BCUT2D eigenvalue weighted by molar-refractivity contribution is 5.71. The summed E-state index contributed by atoms with van der Waals surface area (Å²) in [7, 11) is 0. The molecule has 2 N–H and O–H groups in total. The van der Waals surface area contributed by atoms with E-state index >= 15 is 0 Å². The van der Waals surface area contributed by atoms with Crippen LogP contribution in [0.15, 0.2) is 0 Å². The fourth-order valence-electron chi connectivity index (χ4n) is 2.11. The van der Waals surface area contributed by atoms with Gasteiger partial charge in [0, 0.05) is 12.1 Å². The van der Waals surface area contributed by atoms with E-state index in [4.69, 9.17) is 5.11 Å². The average Bonchev–Trinajstić information content (AvgIpc) is 1.94. The largest absolute Gasteiger partial charge is 0.481 e. The van der Waals surface area contributed by atoms with Gasteiger partial charge in [-0.25, -0.2) is 0 Å². The van der Waals surface area contributed by atoms with Crippen LogP contribution in [0.3, 0.4) is 0 Å². The molecule has 6 heteroatoms. The molecule has 0 saturated carbocycles. The van der Waals surface area contributed by atoms with Gasteiger partial charge in [-0.15, -0.1) is 0 Å². The van der Waals surface area contributed by atoms with Gasteiger partial charge in [0.15, 0.2) is 5.92 Å². The van der Waals surface area contributed by atoms with E-state index in [2.05, 4.69) is 5.32 Å². The van der Waals surface area contributed by atoms with Gasteiger partial charge in [0.1, 0.15) is 0 Å². The maximum absolute atomic E-state index is 12.5. The molecular formula is C12H22F3NO2. The number of aliphatic carboxylic acids is 1. The molecule has 0 aromatic rings. The highest BCUT2D eigenvalue weighted by atomic mass is 19.4. The minimum atomic E-state index is -4.73. The van der Waals surface area contributed by atoms with E-state index in [1.165, 1.54) is 0 Å². The van der Waals surface area contributed by atoms with Crippen molar-refractivity contribution in [3.63, 3.8) is 0 Å². The van der Waals surface area contributed by atoms with Crippen molar-refractivity contribution >= 4 is 5.97 Å². The number of halogens is 3. The van der Waals surface area contributed by atoms with Crippen molar-refractivity contribution < 1.29 is 23.1 Å². The van der Waals surface area contributed by atoms with E-state index in [1.807, 2.05) is 20.8 Å². The van der Waals surface area contributed by atoms with Crippen LogP contribution in [0, 0.1) is 11.3 Å². The van der Waals surface area contributed by atoms with E-state index in [9.17, 15) is 18.0 Å². The van der Waals surface area contributed by atoms with Crippen LogP contribution in [0.25, 0.3) is 0 Å². The Labute approximate surface area is 106 Å². The molecule has 0 aliphatic heterocycles. The Bertz CT molecular complexity index is 293. The Kier molecular flexibility index (Phi) is 5.23. The maximum Gasteiger partial charge on any atom is 0.403 e. The first-order valence-corrected chi connectivity index (χ1v) is 5.79. The molecule has 0 aromatic carbocycles. The topological polar surface area (TPSA) is 49.3 Å². The lowest BCUT2D eigenvalue weighted by Gasteiger charge is -2.34. The molecule has 0 radical (unpaired) electrons. The van der Waals surface area contributed by atoms with Gasteiger partial charge in [-0.3, -0.25) is 4.79 Å². The van der Waals surface area contributed by atoms with Crippen molar-refractivity contribution in [2.75, 3.05) is 6.54 Å². The standard InChI is InChI=1S/C12H22F3NO2/c1-10(2,3)7-11(4,5)16-6-8(9(17)18)12(13,14)15/h8,16H,6-7H2,1-5H3,(H,17,18). The molecule has 0 saturated heterocycles. The second-order valence-corrected chi connectivity index (χ2v) is 6.43. The number of carboxylic acid groups (broad SMARTS) is 1. The first kappa shape index (κ1) is 17.2. The molecule has 0 spiro atoms. The highest BCUT2D eigenvalue weighted by Gasteiger charge is 2.45. The van der Waals surface area contributed by atoms with Crippen LogP contribution in [0.2, 0.25) is 0 Å². The summed E-state index contributed by atoms with van der Waals surface area (Å²) < 4.78 is 37.4. The van der Waals surface area contributed by atoms with Crippen LogP contribution < -0.4 is 5.32 Å². The predicted octanol–water partition coefficient (Wildman–Crippen LogP) is 3.05. The lowest BCUT2D eigenvalue weighted by atomic mass is 9.81. The summed E-state index contributed by atoms with van der Waals surface area (Å²) in [5, 5.41) is 11.3. The Morgan fingerprint density at radius 3 is 1.89 bits per heavy atom. The molecule has 108 valence electrons. The molecule has 18 heavy (non-hydrogen) atoms. The summed E-state index contributed by atoms with van der Waals surface area (Å²) in [6.45, 7) is 8.88. The van der Waals surface area contributed by atoms with E-state index < -0.39 is 30.1 Å². The van der Waals surface area contributed by atoms with Gasteiger partial charge < -0.3 is 10.4 Å². The normalized spacial score (nSPS) is 15.6. The fraction of sp³-hybridized carbons (Fsp3) is 0.917. The summed E-state index contributed by atoms with van der Waals surface area (Å²) in [6.07, 6.45) is -4.08. The zero-order valence-electron chi connectivity index (χ0n) is 11.5. The van der Waals surface area contributed by atoms with Crippen molar-refractivity contribution in [2.24, 2.45) is 11.3 Å². The number of rotatable bonds is 5. The molecule has 0 aromatic heterocycles. The van der Waals surface area contributed by atoms with E-state index in [-0.39, 0.29) is 5.41 Å². The van der Waals surface area contributed by atoms with Crippen LogP contribution in [0.4, 0.5) is 13.2 Å². The van der Waals surface area contributed by atoms with Gasteiger partial charge in [-0.05, 0) is 25.7 Å². The van der Waals surface area contributed by atoms with E-state index in [0.717, 1.165) is 0 Å². The molecule has 0 bridgehead atoms. The van der Waals surface area contributed by atoms with Crippen molar-refractivity contribution in [1.82, 2.24) is 5.32 Å². The number of carboxylic acids is 1. The Morgan fingerprint density at radius 2 is 1.61 bits per heavy atom. The van der Waals surface area contributed by atoms with Crippen molar-refractivity contribution in [3.05, 3.63) is 0 Å². The van der Waals surface area contributed by atoms with Gasteiger partial charge in [0.2, 0.25) is 0 Å². The summed E-state index contributed by atoms with van der Waals surface area (Å²) in [5.41, 5.74) is -0.593. The first-order chi connectivity index (χ1) is 7.75. The molecule has 0 heterocycles. The first-order valence-electron chi connectivity index (χ1n) is 5.79. The third-order valence-corrected chi connectivity index (χ3v) is 2.45. The molecular weight excluding hydrogens is 247 g/mol. The third-order valence-electron chi connectivity index (χ3n) is 2.45. The van der Waals surface area contributed by atoms with Crippen molar-refractivity contribution in [3.8, 4) is 0 Å². The SMILES string of the molecule is CC(C)(C)CC(C)(C)NCC(C(=O)O)C(F)(F)F. The Morgan fingerprint density at radius 1 is 1.17 bits per heavy atom. The van der Waals surface area contributed by atoms with Crippen LogP contribution in [-0.2, 0) is 4.79 Å². The number of alkyl halides is 3. The summed E-state index contributed by atoms with van der Waals surface area (Å²) in [4.78, 5) is 10.6. The van der Waals surface area contributed by atoms with Crippen LogP contribution in [0.5, 0.6) is 0 Å². The lowest BCUT2D eigenvalue weighted by molar-refractivity contribution is -0.193. The number of carbonyl (C=O) groups is 1. The summed E-state index contributed by atoms with van der Waals surface area (Å²) >= 11 is 0. The molecule has 1 atom stereocenters. The van der Waals surface area contributed by atoms with Crippen LogP contribution in [0.1, 0.15) is 41.0 Å². The molecule has 0 fully saturated rings. The predicted molar refractivity (Wildman–Crippen MR) is 63.3 cm³/mol. The fourth-order valence-corrected chi connectivity index (χ4v) is 2.11. The van der Waals surface area contributed by atoms with Gasteiger partial charge in [0.25, 0.3) is 0 Å². The molecule has 0 amide bonds. The van der Waals surface area contributed by atoms with E-state index in [0.29, 0.717) is 6.42 Å². The Hall–Kier alpha value is -0.780. The average molecular weight is 269 g/mol. The third kappa shape index (κ3) is 6.83. The van der Waals surface area contributed by atoms with Gasteiger partial charge in [-0.2, -0.15) is 13.2 Å². The second-order valence-electron chi connectivity index (χ2n) is 6.43. The monoisotopic (exact) mass is 269 g/mol. The van der Waals surface area contributed by atoms with Gasteiger partial charge in [0.05, 0.1) is 0 Å². The minimum Gasteiger partial charge on any atom is -0.481 e. The van der Waals surface area contributed by atoms with Gasteiger partial charge >= 0.3 is 12.1 Å². The number of hydrogen-bond donors (Lipinski definition) is 2. The van der Waals surface area contributed by atoms with E-state index in [1.54, 1.807) is 13.8 Å². The minimum absolute atomic E-state index is 0.0482. The van der Waals surface area contributed by atoms with Crippen molar-refractivity contribution in [2.45, 2.75) is 52.8 Å². The van der Waals surface area contributed by atoms with Crippen LogP contribution in [-0.4, -0.2) is 29.3 Å². The zero-order chi connectivity index (χ0) is 14.8. The Balaban J connectivity index is 4.58.